The molecule has 0 radical (unpaired) electrons. The van der Waals surface area contributed by atoms with Gasteiger partial charge in [-0.15, -0.1) is 0 Å². The van der Waals surface area contributed by atoms with E-state index in [1.54, 1.807) is 0 Å². The zero-order valence-corrected chi connectivity index (χ0v) is 9.98. The molecule has 0 aliphatic rings. The minimum Gasteiger partial charge on any atom is -0.315 e. The SMILES string of the molecule is CC(C)C(C#N)CNCCc1ccncc1. The Morgan fingerprint density at radius 1 is 1.38 bits per heavy atom. The predicted octanol–water partition coefficient (Wildman–Crippen LogP) is 2.01. The maximum atomic E-state index is 8.91. The van der Waals surface area contributed by atoms with Crippen molar-refractivity contribution < 1.29 is 0 Å². The lowest BCUT2D eigenvalue weighted by molar-refractivity contribution is 0.444. The topological polar surface area (TPSA) is 48.7 Å². The molecule has 0 saturated carbocycles. The van der Waals surface area contributed by atoms with E-state index in [4.69, 9.17) is 5.26 Å². The number of hydrogen-bond donors (Lipinski definition) is 1. The second kappa shape index (κ2) is 6.97. The number of hydrogen-bond acceptors (Lipinski definition) is 3. The van der Waals surface area contributed by atoms with Crippen LogP contribution in [0, 0.1) is 23.2 Å². The number of pyridine rings is 1. The summed E-state index contributed by atoms with van der Waals surface area (Å²) >= 11 is 0. The van der Waals surface area contributed by atoms with Gasteiger partial charge >= 0.3 is 0 Å². The van der Waals surface area contributed by atoms with Gasteiger partial charge in [-0.25, -0.2) is 0 Å². The lowest BCUT2D eigenvalue weighted by Crippen LogP contribution is -2.26. The van der Waals surface area contributed by atoms with Gasteiger partial charge in [0, 0.05) is 18.9 Å². The number of aromatic nitrogens is 1. The van der Waals surface area contributed by atoms with Gasteiger partial charge in [0.25, 0.3) is 0 Å². The molecule has 0 aromatic carbocycles. The number of nitriles is 1. The molecule has 1 heterocycles. The van der Waals surface area contributed by atoms with Crippen LogP contribution in [0.5, 0.6) is 0 Å². The third kappa shape index (κ3) is 4.41. The fraction of sp³-hybridized carbons (Fsp3) is 0.538. The van der Waals surface area contributed by atoms with Gasteiger partial charge in [0.2, 0.25) is 0 Å². The van der Waals surface area contributed by atoms with Crippen molar-refractivity contribution in [1.82, 2.24) is 10.3 Å². The zero-order valence-electron chi connectivity index (χ0n) is 9.98. The van der Waals surface area contributed by atoms with E-state index < -0.39 is 0 Å². The third-order valence-electron chi connectivity index (χ3n) is 2.67. The lowest BCUT2D eigenvalue weighted by Gasteiger charge is -2.13. The van der Waals surface area contributed by atoms with E-state index in [2.05, 4.69) is 30.2 Å². The average molecular weight is 217 g/mol. The molecule has 1 aromatic rings. The van der Waals surface area contributed by atoms with Crippen molar-refractivity contribution in [1.29, 1.82) is 5.26 Å². The summed E-state index contributed by atoms with van der Waals surface area (Å²) in [5, 5.41) is 12.2. The molecule has 0 spiro atoms. The number of nitrogens with zero attached hydrogens (tertiary/aromatic N) is 2. The summed E-state index contributed by atoms with van der Waals surface area (Å²) in [5.41, 5.74) is 1.28. The zero-order chi connectivity index (χ0) is 11.8. The molecular weight excluding hydrogens is 198 g/mol. The Hall–Kier alpha value is -1.40. The lowest BCUT2D eigenvalue weighted by atomic mass is 9.97. The van der Waals surface area contributed by atoms with E-state index in [0.717, 1.165) is 19.5 Å². The van der Waals surface area contributed by atoms with Crippen LogP contribution in [0.2, 0.25) is 0 Å². The first-order valence-corrected chi connectivity index (χ1v) is 5.73. The van der Waals surface area contributed by atoms with Crippen LogP contribution >= 0.6 is 0 Å². The van der Waals surface area contributed by atoms with Gasteiger partial charge in [0.05, 0.1) is 12.0 Å². The Morgan fingerprint density at radius 3 is 2.62 bits per heavy atom. The first-order chi connectivity index (χ1) is 7.74. The summed E-state index contributed by atoms with van der Waals surface area (Å²) in [5.74, 6) is 0.524. The minimum absolute atomic E-state index is 0.109. The summed E-state index contributed by atoms with van der Waals surface area (Å²) in [6.45, 7) is 5.85. The van der Waals surface area contributed by atoms with Crippen molar-refractivity contribution in [3.63, 3.8) is 0 Å². The molecule has 16 heavy (non-hydrogen) atoms. The second-order valence-corrected chi connectivity index (χ2v) is 4.29. The molecule has 86 valence electrons. The highest BCUT2D eigenvalue weighted by Crippen LogP contribution is 2.07. The van der Waals surface area contributed by atoms with Crippen molar-refractivity contribution in [2.45, 2.75) is 20.3 Å². The Balaban J connectivity index is 2.20. The molecule has 0 saturated heterocycles. The van der Waals surface area contributed by atoms with Crippen molar-refractivity contribution in [2.75, 3.05) is 13.1 Å². The molecule has 3 nitrogen and oxygen atoms in total. The summed E-state index contributed by atoms with van der Waals surface area (Å²) < 4.78 is 0. The van der Waals surface area contributed by atoms with E-state index in [-0.39, 0.29) is 5.92 Å². The van der Waals surface area contributed by atoms with Crippen LogP contribution in [0.3, 0.4) is 0 Å². The fourth-order valence-electron chi connectivity index (χ4n) is 1.47. The highest BCUT2D eigenvalue weighted by atomic mass is 14.9. The summed E-state index contributed by atoms with van der Waals surface area (Å²) in [6.07, 6.45) is 4.60. The van der Waals surface area contributed by atoms with Crippen molar-refractivity contribution in [2.24, 2.45) is 11.8 Å². The van der Waals surface area contributed by atoms with Gasteiger partial charge in [-0.1, -0.05) is 13.8 Å². The summed E-state index contributed by atoms with van der Waals surface area (Å²) in [6, 6.07) is 6.37. The Morgan fingerprint density at radius 2 is 2.06 bits per heavy atom. The standard InChI is InChI=1S/C13H19N3/c1-11(2)13(9-14)10-16-8-5-12-3-6-15-7-4-12/h3-4,6-7,11,13,16H,5,8,10H2,1-2H3. The largest absolute Gasteiger partial charge is 0.315 e. The molecule has 0 fully saturated rings. The molecule has 1 atom stereocenters. The number of nitrogens with one attached hydrogen (secondary N) is 1. The van der Waals surface area contributed by atoms with E-state index >= 15 is 0 Å². The van der Waals surface area contributed by atoms with Crippen LogP contribution in [-0.4, -0.2) is 18.1 Å². The maximum Gasteiger partial charge on any atom is 0.0671 e. The first kappa shape index (κ1) is 12.7. The van der Waals surface area contributed by atoms with E-state index in [1.165, 1.54) is 5.56 Å². The molecule has 1 N–H and O–H groups in total. The van der Waals surface area contributed by atoms with E-state index in [0.29, 0.717) is 5.92 Å². The van der Waals surface area contributed by atoms with Gasteiger partial charge in [-0.2, -0.15) is 5.26 Å². The van der Waals surface area contributed by atoms with Gasteiger partial charge < -0.3 is 5.32 Å². The second-order valence-electron chi connectivity index (χ2n) is 4.29. The Labute approximate surface area is 97.5 Å². The first-order valence-electron chi connectivity index (χ1n) is 5.73. The molecule has 1 rings (SSSR count). The maximum absolute atomic E-state index is 8.91. The quantitative estimate of drug-likeness (QED) is 0.741. The van der Waals surface area contributed by atoms with E-state index in [9.17, 15) is 0 Å². The van der Waals surface area contributed by atoms with Crippen LogP contribution < -0.4 is 5.32 Å². The van der Waals surface area contributed by atoms with Gasteiger partial charge in [0.1, 0.15) is 0 Å². The normalized spacial score (nSPS) is 12.4. The summed E-state index contributed by atoms with van der Waals surface area (Å²) in [4.78, 5) is 3.97. The van der Waals surface area contributed by atoms with Crippen molar-refractivity contribution in [3.05, 3.63) is 30.1 Å². The van der Waals surface area contributed by atoms with Crippen LogP contribution in [0.15, 0.2) is 24.5 Å². The van der Waals surface area contributed by atoms with Gasteiger partial charge in [-0.05, 0) is 36.6 Å². The Bertz CT molecular complexity index is 327. The molecule has 1 unspecified atom stereocenters. The molecule has 3 heteroatoms. The van der Waals surface area contributed by atoms with Crippen LogP contribution in [0.25, 0.3) is 0 Å². The molecular formula is C13H19N3. The van der Waals surface area contributed by atoms with Crippen molar-refractivity contribution >= 4 is 0 Å². The molecule has 0 amide bonds. The molecule has 0 aliphatic carbocycles. The highest BCUT2D eigenvalue weighted by molar-refractivity contribution is 5.09. The predicted molar refractivity (Wildman–Crippen MR) is 64.8 cm³/mol. The molecule has 0 aliphatic heterocycles. The van der Waals surface area contributed by atoms with Gasteiger partial charge in [0.15, 0.2) is 0 Å². The fourth-order valence-corrected chi connectivity index (χ4v) is 1.47. The van der Waals surface area contributed by atoms with Crippen LogP contribution in [-0.2, 0) is 6.42 Å². The van der Waals surface area contributed by atoms with Gasteiger partial charge in [-0.3, -0.25) is 4.98 Å². The molecule has 1 aromatic heterocycles. The third-order valence-corrected chi connectivity index (χ3v) is 2.67. The number of rotatable bonds is 6. The smallest absolute Gasteiger partial charge is 0.0671 e. The summed E-state index contributed by atoms with van der Waals surface area (Å²) in [7, 11) is 0. The monoisotopic (exact) mass is 217 g/mol. The average Bonchev–Trinajstić information content (AvgIpc) is 2.30. The highest BCUT2D eigenvalue weighted by Gasteiger charge is 2.10. The Kier molecular flexibility index (Phi) is 5.52. The molecule has 0 bridgehead atoms. The van der Waals surface area contributed by atoms with Crippen LogP contribution in [0.1, 0.15) is 19.4 Å². The minimum atomic E-state index is 0.109. The van der Waals surface area contributed by atoms with Crippen LogP contribution in [0.4, 0.5) is 0 Å². The van der Waals surface area contributed by atoms with E-state index in [1.807, 2.05) is 24.5 Å². The van der Waals surface area contributed by atoms with Crippen molar-refractivity contribution in [3.8, 4) is 6.07 Å².